The molecule has 0 amide bonds. The van der Waals surface area contributed by atoms with Crippen molar-refractivity contribution in [3.63, 3.8) is 0 Å². The van der Waals surface area contributed by atoms with Crippen LogP contribution in [0.3, 0.4) is 0 Å². The van der Waals surface area contributed by atoms with Gasteiger partial charge in [0, 0.05) is 25.6 Å². The first-order valence-corrected chi connectivity index (χ1v) is 7.09. The first-order valence-electron chi connectivity index (χ1n) is 7.09. The van der Waals surface area contributed by atoms with Crippen molar-refractivity contribution in [1.29, 1.82) is 0 Å². The summed E-state index contributed by atoms with van der Waals surface area (Å²) in [6, 6.07) is 0.516. The van der Waals surface area contributed by atoms with Crippen LogP contribution in [0.2, 0.25) is 0 Å². The van der Waals surface area contributed by atoms with E-state index in [2.05, 4.69) is 26.1 Å². The van der Waals surface area contributed by atoms with Crippen LogP contribution in [0.1, 0.15) is 53.4 Å². The van der Waals surface area contributed by atoms with Gasteiger partial charge in [-0.25, -0.2) is 0 Å². The van der Waals surface area contributed by atoms with Gasteiger partial charge >= 0.3 is 0 Å². The van der Waals surface area contributed by atoms with Crippen molar-refractivity contribution in [2.75, 3.05) is 13.2 Å². The highest BCUT2D eigenvalue weighted by Crippen LogP contribution is 2.25. The van der Waals surface area contributed by atoms with Crippen LogP contribution in [0.25, 0.3) is 0 Å². The van der Waals surface area contributed by atoms with Crippen molar-refractivity contribution >= 4 is 0 Å². The normalized spacial score (nSPS) is 32.6. The van der Waals surface area contributed by atoms with Crippen molar-refractivity contribution in [3.8, 4) is 0 Å². The summed E-state index contributed by atoms with van der Waals surface area (Å²) in [4.78, 5) is 0. The molecule has 0 aromatic rings. The molecule has 0 saturated carbocycles. The second-order valence-electron chi connectivity index (χ2n) is 5.60. The maximum Gasteiger partial charge on any atom is 0.105 e. The lowest BCUT2D eigenvalue weighted by Crippen LogP contribution is -2.48. The van der Waals surface area contributed by atoms with E-state index in [1.54, 1.807) is 0 Å². The van der Waals surface area contributed by atoms with Gasteiger partial charge < -0.3 is 15.2 Å². The third-order valence-electron chi connectivity index (χ3n) is 4.23. The molecule has 0 bridgehead atoms. The fourth-order valence-corrected chi connectivity index (χ4v) is 2.37. The van der Waals surface area contributed by atoms with Crippen LogP contribution in [0, 0.1) is 5.92 Å². The Hall–Kier alpha value is -0.120. The maximum absolute atomic E-state index is 10.4. The molecule has 1 heterocycles. The Morgan fingerprint density at radius 3 is 2.59 bits per heavy atom. The summed E-state index contributed by atoms with van der Waals surface area (Å²) in [5.41, 5.74) is -0.664. The topological polar surface area (TPSA) is 41.5 Å². The number of ether oxygens (including phenoxy) is 1. The van der Waals surface area contributed by atoms with E-state index in [1.165, 1.54) is 12.8 Å². The molecule has 0 radical (unpaired) electrons. The Balaban J connectivity index is 2.36. The van der Waals surface area contributed by atoms with E-state index >= 15 is 0 Å². The Labute approximate surface area is 106 Å². The molecule has 4 unspecified atom stereocenters. The molecular weight excluding hydrogens is 214 g/mol. The van der Waals surface area contributed by atoms with Crippen LogP contribution in [0.5, 0.6) is 0 Å². The largest absolute Gasteiger partial charge is 0.386 e. The van der Waals surface area contributed by atoms with E-state index < -0.39 is 5.60 Å². The van der Waals surface area contributed by atoms with E-state index in [9.17, 15) is 5.11 Å². The van der Waals surface area contributed by atoms with Crippen molar-refractivity contribution in [1.82, 2.24) is 5.32 Å². The average molecular weight is 243 g/mol. The SMILES string of the molecule is CCC(C)CC(CC)NCC1(O)CCOC1C. The summed E-state index contributed by atoms with van der Waals surface area (Å²) in [6.07, 6.45) is 4.24. The van der Waals surface area contributed by atoms with Gasteiger partial charge in [-0.1, -0.05) is 27.2 Å². The predicted molar refractivity (Wildman–Crippen MR) is 71.1 cm³/mol. The highest BCUT2D eigenvalue weighted by Gasteiger charge is 2.39. The minimum Gasteiger partial charge on any atom is -0.386 e. The van der Waals surface area contributed by atoms with Crippen molar-refractivity contribution < 1.29 is 9.84 Å². The highest BCUT2D eigenvalue weighted by molar-refractivity contribution is 4.92. The van der Waals surface area contributed by atoms with Gasteiger partial charge in [-0.2, -0.15) is 0 Å². The zero-order chi connectivity index (χ0) is 12.9. The maximum atomic E-state index is 10.4. The molecule has 3 nitrogen and oxygen atoms in total. The molecule has 0 aromatic carbocycles. The smallest absolute Gasteiger partial charge is 0.105 e. The molecule has 2 N–H and O–H groups in total. The summed E-state index contributed by atoms with van der Waals surface area (Å²) in [6.45, 7) is 10.0. The standard InChI is InChI=1S/C14H29NO2/c1-5-11(3)9-13(6-2)15-10-14(16)7-8-17-12(14)4/h11-13,15-16H,5-10H2,1-4H3. The number of aliphatic hydroxyl groups is 1. The second-order valence-corrected chi connectivity index (χ2v) is 5.60. The van der Waals surface area contributed by atoms with Crippen LogP contribution in [0.4, 0.5) is 0 Å². The molecule has 0 aromatic heterocycles. The molecule has 3 heteroatoms. The molecule has 1 aliphatic rings. The van der Waals surface area contributed by atoms with Crippen molar-refractivity contribution in [2.24, 2.45) is 5.92 Å². The summed E-state index contributed by atoms with van der Waals surface area (Å²) >= 11 is 0. The zero-order valence-corrected chi connectivity index (χ0v) is 11.8. The lowest BCUT2D eigenvalue weighted by atomic mass is 9.94. The Morgan fingerprint density at radius 2 is 2.12 bits per heavy atom. The van der Waals surface area contributed by atoms with Crippen LogP contribution in [-0.2, 0) is 4.74 Å². The lowest BCUT2D eigenvalue weighted by molar-refractivity contribution is -0.0280. The van der Waals surface area contributed by atoms with E-state index in [1.807, 2.05) is 6.92 Å². The Kier molecular flexibility index (Phi) is 5.90. The molecule has 1 saturated heterocycles. The molecule has 102 valence electrons. The molecule has 4 atom stereocenters. The zero-order valence-electron chi connectivity index (χ0n) is 11.8. The van der Waals surface area contributed by atoms with Crippen LogP contribution < -0.4 is 5.32 Å². The number of nitrogens with one attached hydrogen (secondary N) is 1. The number of rotatable bonds is 7. The summed E-state index contributed by atoms with van der Waals surface area (Å²) < 4.78 is 5.45. The summed E-state index contributed by atoms with van der Waals surface area (Å²) in [5.74, 6) is 0.749. The van der Waals surface area contributed by atoms with Gasteiger partial charge in [0.25, 0.3) is 0 Å². The van der Waals surface area contributed by atoms with E-state index in [4.69, 9.17) is 4.74 Å². The van der Waals surface area contributed by atoms with Gasteiger partial charge in [0.2, 0.25) is 0 Å². The summed E-state index contributed by atoms with van der Waals surface area (Å²) in [5, 5.41) is 13.9. The molecular formula is C14H29NO2. The number of hydrogen-bond acceptors (Lipinski definition) is 3. The van der Waals surface area contributed by atoms with Crippen molar-refractivity contribution in [2.45, 2.75) is 71.1 Å². The quantitative estimate of drug-likeness (QED) is 0.721. The van der Waals surface area contributed by atoms with Gasteiger partial charge in [0.1, 0.15) is 5.60 Å². The minimum atomic E-state index is -0.664. The molecule has 1 rings (SSSR count). The first kappa shape index (κ1) is 14.9. The third-order valence-corrected chi connectivity index (χ3v) is 4.23. The third kappa shape index (κ3) is 4.23. The van der Waals surface area contributed by atoms with E-state index in [0.717, 1.165) is 18.8 Å². The molecule has 0 aliphatic carbocycles. The molecule has 17 heavy (non-hydrogen) atoms. The van der Waals surface area contributed by atoms with Crippen LogP contribution in [0.15, 0.2) is 0 Å². The fourth-order valence-electron chi connectivity index (χ4n) is 2.37. The van der Waals surface area contributed by atoms with Crippen LogP contribution >= 0.6 is 0 Å². The highest BCUT2D eigenvalue weighted by atomic mass is 16.5. The van der Waals surface area contributed by atoms with Crippen molar-refractivity contribution in [3.05, 3.63) is 0 Å². The fraction of sp³-hybridized carbons (Fsp3) is 1.00. The van der Waals surface area contributed by atoms with Gasteiger partial charge in [-0.05, 0) is 25.7 Å². The van der Waals surface area contributed by atoms with Gasteiger partial charge in [0.15, 0.2) is 0 Å². The predicted octanol–water partition coefficient (Wildman–Crippen LogP) is 2.33. The van der Waals surface area contributed by atoms with Crippen LogP contribution in [-0.4, -0.2) is 36.0 Å². The summed E-state index contributed by atoms with van der Waals surface area (Å²) in [7, 11) is 0. The second kappa shape index (κ2) is 6.72. The number of hydrogen-bond donors (Lipinski definition) is 2. The average Bonchev–Trinajstić information content (AvgIpc) is 2.65. The van der Waals surface area contributed by atoms with Gasteiger partial charge in [0.05, 0.1) is 6.10 Å². The Bertz CT molecular complexity index is 222. The monoisotopic (exact) mass is 243 g/mol. The van der Waals surface area contributed by atoms with Gasteiger partial charge in [-0.3, -0.25) is 0 Å². The molecule has 1 aliphatic heterocycles. The van der Waals surface area contributed by atoms with E-state index in [-0.39, 0.29) is 6.10 Å². The van der Waals surface area contributed by atoms with E-state index in [0.29, 0.717) is 19.2 Å². The van der Waals surface area contributed by atoms with Gasteiger partial charge in [-0.15, -0.1) is 0 Å². The minimum absolute atomic E-state index is 0.0453. The molecule has 1 fully saturated rings. The first-order chi connectivity index (χ1) is 8.01. The lowest BCUT2D eigenvalue weighted by Gasteiger charge is -2.29. The molecule has 0 spiro atoms. The Morgan fingerprint density at radius 1 is 1.41 bits per heavy atom.